The highest BCUT2D eigenvalue weighted by Crippen LogP contribution is 2.44. The number of hydrogen-bond acceptors (Lipinski definition) is 3. The summed E-state index contributed by atoms with van der Waals surface area (Å²) in [6.07, 6.45) is 11.7. The predicted octanol–water partition coefficient (Wildman–Crippen LogP) is 2.97. The summed E-state index contributed by atoms with van der Waals surface area (Å²) in [6, 6.07) is 4.17. The minimum Gasteiger partial charge on any atom is -0.387 e. The fourth-order valence-corrected chi connectivity index (χ4v) is 3.77. The zero-order valence-corrected chi connectivity index (χ0v) is 10.8. The van der Waals surface area contributed by atoms with E-state index in [9.17, 15) is 5.11 Å². The van der Waals surface area contributed by atoms with Crippen LogP contribution in [-0.4, -0.2) is 21.7 Å². The first kappa shape index (κ1) is 12.0. The highest BCUT2D eigenvalue weighted by molar-refractivity contribution is 5.43. The zero-order chi connectivity index (χ0) is 12.4. The molecule has 2 saturated carbocycles. The molecule has 18 heavy (non-hydrogen) atoms. The van der Waals surface area contributed by atoms with Gasteiger partial charge in [0, 0.05) is 18.1 Å². The van der Waals surface area contributed by atoms with Crippen molar-refractivity contribution in [1.82, 2.24) is 4.98 Å². The van der Waals surface area contributed by atoms with Gasteiger partial charge in [-0.15, -0.1) is 0 Å². The van der Waals surface area contributed by atoms with E-state index >= 15 is 0 Å². The summed E-state index contributed by atoms with van der Waals surface area (Å²) in [4.78, 5) is 4.03. The Morgan fingerprint density at radius 1 is 1.11 bits per heavy atom. The minimum absolute atomic E-state index is 0.207. The van der Waals surface area contributed by atoms with Gasteiger partial charge in [0.15, 0.2) is 0 Å². The second-order valence-corrected chi connectivity index (χ2v) is 5.80. The monoisotopic (exact) mass is 246 g/mol. The summed E-state index contributed by atoms with van der Waals surface area (Å²) < 4.78 is 0. The molecule has 3 atom stereocenters. The van der Waals surface area contributed by atoms with Gasteiger partial charge in [-0.1, -0.05) is 19.3 Å². The molecule has 2 fully saturated rings. The lowest BCUT2D eigenvalue weighted by Gasteiger charge is -2.49. The van der Waals surface area contributed by atoms with Crippen molar-refractivity contribution in [3.63, 3.8) is 0 Å². The maximum absolute atomic E-state index is 11.0. The molecule has 2 N–H and O–H groups in total. The molecule has 3 rings (SSSR count). The van der Waals surface area contributed by atoms with Crippen LogP contribution in [0.1, 0.15) is 44.9 Å². The van der Waals surface area contributed by atoms with E-state index in [1.165, 1.54) is 32.1 Å². The summed E-state index contributed by atoms with van der Waals surface area (Å²) in [5, 5.41) is 14.6. The van der Waals surface area contributed by atoms with Crippen LogP contribution in [-0.2, 0) is 0 Å². The number of anilines is 1. The van der Waals surface area contributed by atoms with Crippen molar-refractivity contribution in [1.29, 1.82) is 0 Å². The average Bonchev–Trinajstić information content (AvgIpc) is 2.41. The lowest BCUT2D eigenvalue weighted by Crippen LogP contribution is -2.56. The van der Waals surface area contributed by atoms with Gasteiger partial charge in [-0.05, 0) is 43.7 Å². The number of nitrogens with zero attached hydrogens (tertiary/aromatic N) is 1. The van der Waals surface area contributed by atoms with Gasteiger partial charge in [-0.3, -0.25) is 4.98 Å². The summed E-state index contributed by atoms with van der Waals surface area (Å²) in [6.45, 7) is 0. The summed E-state index contributed by atoms with van der Waals surface area (Å²) >= 11 is 0. The van der Waals surface area contributed by atoms with Crippen LogP contribution in [0.5, 0.6) is 0 Å². The standard InChI is InChI=1S/C15H22N2O/c18-15-9-2-1-4-12(15)5-3-6-14(15)17-13-7-10-16-11-8-13/h7-8,10-12,14,18H,1-6,9H2,(H,16,17)/t12-,14+,15-/m1/s1. The van der Waals surface area contributed by atoms with Crippen LogP contribution in [0.2, 0.25) is 0 Å². The molecular weight excluding hydrogens is 224 g/mol. The molecule has 0 radical (unpaired) electrons. The van der Waals surface area contributed by atoms with E-state index in [-0.39, 0.29) is 6.04 Å². The van der Waals surface area contributed by atoms with Gasteiger partial charge in [0.25, 0.3) is 0 Å². The Morgan fingerprint density at radius 3 is 2.72 bits per heavy atom. The molecule has 0 amide bonds. The van der Waals surface area contributed by atoms with Crippen molar-refractivity contribution < 1.29 is 5.11 Å². The predicted molar refractivity (Wildman–Crippen MR) is 72.4 cm³/mol. The van der Waals surface area contributed by atoms with Gasteiger partial charge in [-0.25, -0.2) is 0 Å². The molecule has 1 heterocycles. The molecule has 2 aliphatic carbocycles. The number of nitrogens with one attached hydrogen (secondary N) is 1. The van der Waals surface area contributed by atoms with Crippen molar-refractivity contribution in [2.75, 3.05) is 5.32 Å². The molecule has 0 unspecified atom stereocenters. The molecule has 1 aromatic rings. The minimum atomic E-state index is -0.486. The van der Waals surface area contributed by atoms with Gasteiger partial charge in [-0.2, -0.15) is 0 Å². The van der Waals surface area contributed by atoms with Crippen LogP contribution >= 0.6 is 0 Å². The molecule has 1 aromatic heterocycles. The Balaban J connectivity index is 1.78. The first-order valence-corrected chi connectivity index (χ1v) is 7.18. The average molecular weight is 246 g/mol. The Kier molecular flexibility index (Phi) is 3.25. The van der Waals surface area contributed by atoms with E-state index in [2.05, 4.69) is 10.3 Å². The van der Waals surface area contributed by atoms with E-state index in [0.29, 0.717) is 5.92 Å². The SMILES string of the molecule is O[C@]12CCCC[C@@H]1CCC[C@@H]2Nc1ccncc1. The third kappa shape index (κ3) is 2.12. The lowest BCUT2D eigenvalue weighted by molar-refractivity contribution is -0.0835. The van der Waals surface area contributed by atoms with E-state index in [1.807, 2.05) is 12.1 Å². The van der Waals surface area contributed by atoms with Gasteiger partial charge < -0.3 is 10.4 Å². The van der Waals surface area contributed by atoms with Crippen molar-refractivity contribution in [3.05, 3.63) is 24.5 Å². The first-order chi connectivity index (χ1) is 8.79. The smallest absolute Gasteiger partial charge is 0.0875 e. The van der Waals surface area contributed by atoms with Crippen LogP contribution in [0.25, 0.3) is 0 Å². The maximum atomic E-state index is 11.0. The van der Waals surface area contributed by atoms with Gasteiger partial charge in [0.05, 0.1) is 11.6 Å². The Labute approximate surface area is 109 Å². The zero-order valence-electron chi connectivity index (χ0n) is 10.8. The second-order valence-electron chi connectivity index (χ2n) is 5.80. The molecule has 0 spiro atoms. The normalized spacial score (nSPS) is 35.8. The topological polar surface area (TPSA) is 45.1 Å². The molecule has 3 heteroatoms. The highest BCUT2D eigenvalue weighted by Gasteiger charge is 2.47. The fraction of sp³-hybridized carbons (Fsp3) is 0.667. The van der Waals surface area contributed by atoms with Crippen LogP contribution < -0.4 is 5.32 Å². The second kappa shape index (κ2) is 4.88. The van der Waals surface area contributed by atoms with Crippen LogP contribution in [0, 0.1) is 5.92 Å². The summed E-state index contributed by atoms with van der Waals surface area (Å²) in [7, 11) is 0. The molecule has 0 aliphatic heterocycles. The molecule has 3 nitrogen and oxygen atoms in total. The third-order valence-electron chi connectivity index (χ3n) is 4.76. The van der Waals surface area contributed by atoms with Crippen molar-refractivity contribution in [3.8, 4) is 0 Å². The van der Waals surface area contributed by atoms with E-state index in [0.717, 1.165) is 18.5 Å². The summed E-state index contributed by atoms with van der Waals surface area (Å²) in [5.41, 5.74) is 0.592. The Hall–Kier alpha value is -1.09. The quantitative estimate of drug-likeness (QED) is 0.843. The fourth-order valence-electron chi connectivity index (χ4n) is 3.77. The highest BCUT2D eigenvalue weighted by atomic mass is 16.3. The largest absolute Gasteiger partial charge is 0.387 e. The number of pyridine rings is 1. The summed E-state index contributed by atoms with van der Waals surface area (Å²) in [5.74, 6) is 0.499. The molecule has 0 aromatic carbocycles. The molecule has 2 aliphatic rings. The number of rotatable bonds is 2. The Morgan fingerprint density at radius 2 is 1.89 bits per heavy atom. The van der Waals surface area contributed by atoms with Crippen molar-refractivity contribution in [2.24, 2.45) is 5.92 Å². The van der Waals surface area contributed by atoms with E-state index in [1.54, 1.807) is 12.4 Å². The molecule has 98 valence electrons. The van der Waals surface area contributed by atoms with Gasteiger partial charge in [0.1, 0.15) is 0 Å². The maximum Gasteiger partial charge on any atom is 0.0875 e. The van der Waals surface area contributed by atoms with Crippen LogP contribution in [0.4, 0.5) is 5.69 Å². The van der Waals surface area contributed by atoms with Gasteiger partial charge >= 0.3 is 0 Å². The van der Waals surface area contributed by atoms with Crippen molar-refractivity contribution >= 4 is 5.69 Å². The molecule has 0 bridgehead atoms. The van der Waals surface area contributed by atoms with Crippen molar-refractivity contribution in [2.45, 2.75) is 56.6 Å². The lowest BCUT2D eigenvalue weighted by atomic mass is 9.65. The number of aromatic nitrogens is 1. The number of hydrogen-bond donors (Lipinski definition) is 2. The first-order valence-electron chi connectivity index (χ1n) is 7.18. The van der Waals surface area contributed by atoms with Gasteiger partial charge in [0.2, 0.25) is 0 Å². The van der Waals surface area contributed by atoms with Crippen LogP contribution in [0.15, 0.2) is 24.5 Å². The number of aliphatic hydroxyl groups is 1. The Bertz CT molecular complexity index is 393. The van der Waals surface area contributed by atoms with E-state index < -0.39 is 5.60 Å². The molecule has 0 saturated heterocycles. The van der Waals surface area contributed by atoms with Crippen LogP contribution in [0.3, 0.4) is 0 Å². The van der Waals surface area contributed by atoms with E-state index in [4.69, 9.17) is 0 Å². The molecular formula is C15H22N2O. The third-order valence-corrected chi connectivity index (χ3v) is 4.76. The number of fused-ring (bicyclic) bond motifs is 1.